The highest BCUT2D eigenvalue weighted by atomic mass is 35.5. The van der Waals surface area contributed by atoms with Gasteiger partial charge >= 0.3 is 0 Å². The number of carbonyl (C=O) groups is 3. The second kappa shape index (κ2) is 11.0. The smallest absolute Gasteiger partial charge is 0.253 e. The third-order valence-corrected chi connectivity index (χ3v) is 5.98. The molecule has 0 spiro atoms. The molecule has 1 fully saturated rings. The first-order valence-electron chi connectivity index (χ1n) is 11.3. The van der Waals surface area contributed by atoms with E-state index in [0.717, 1.165) is 29.7 Å². The van der Waals surface area contributed by atoms with Crippen molar-refractivity contribution >= 4 is 35.0 Å². The lowest BCUT2D eigenvalue weighted by Gasteiger charge is -2.19. The van der Waals surface area contributed by atoms with Crippen LogP contribution in [0.3, 0.4) is 0 Å². The highest BCUT2D eigenvalue weighted by Gasteiger charge is 2.29. The number of amides is 3. The number of anilines is 1. The van der Waals surface area contributed by atoms with Gasteiger partial charge in [-0.15, -0.1) is 0 Å². The number of hydrogen-bond acceptors (Lipinski definition) is 3. The van der Waals surface area contributed by atoms with Crippen LogP contribution in [0.5, 0.6) is 0 Å². The summed E-state index contributed by atoms with van der Waals surface area (Å²) in [7, 11) is 0. The maximum Gasteiger partial charge on any atom is 0.253 e. The van der Waals surface area contributed by atoms with Crippen LogP contribution in [-0.4, -0.2) is 17.7 Å². The first-order chi connectivity index (χ1) is 16.5. The highest BCUT2D eigenvalue weighted by Crippen LogP contribution is 2.30. The first-order valence-corrected chi connectivity index (χ1v) is 11.6. The molecule has 0 saturated heterocycles. The average molecular weight is 476 g/mol. The average Bonchev–Trinajstić information content (AvgIpc) is 3.69. The van der Waals surface area contributed by atoms with Crippen LogP contribution in [0.4, 0.5) is 5.69 Å². The molecule has 1 saturated carbocycles. The number of rotatable bonds is 9. The van der Waals surface area contributed by atoms with Gasteiger partial charge in [-0.3, -0.25) is 14.4 Å². The minimum atomic E-state index is -0.519. The molecule has 0 bridgehead atoms. The Hall–Kier alpha value is -3.64. The van der Waals surface area contributed by atoms with Gasteiger partial charge in [0.2, 0.25) is 11.8 Å². The van der Waals surface area contributed by atoms with Crippen LogP contribution in [0.25, 0.3) is 0 Å². The predicted octanol–water partition coefficient (Wildman–Crippen LogP) is 4.87. The quantitative estimate of drug-likeness (QED) is 0.412. The van der Waals surface area contributed by atoms with Crippen LogP contribution in [0, 0.1) is 5.92 Å². The molecule has 4 rings (SSSR count). The van der Waals surface area contributed by atoms with Crippen LogP contribution in [0.15, 0.2) is 78.9 Å². The van der Waals surface area contributed by atoms with Crippen LogP contribution >= 0.6 is 11.6 Å². The van der Waals surface area contributed by atoms with Gasteiger partial charge in [0.15, 0.2) is 0 Å². The van der Waals surface area contributed by atoms with Gasteiger partial charge in [-0.2, -0.15) is 0 Å². The van der Waals surface area contributed by atoms with Crippen molar-refractivity contribution in [2.45, 2.75) is 31.8 Å². The van der Waals surface area contributed by atoms with Gasteiger partial charge in [0, 0.05) is 18.2 Å². The standard InChI is InChI=1S/C27H26ClN3O3/c28-23-12-5-4-11-22(23)27(34)31-24(19-8-2-1-3-9-19)16-25(32)29-17-18-7-6-10-21(15-18)30-26(33)20-13-14-20/h1-12,15,20,24H,13-14,16-17H2,(H,29,32)(H,30,33)(H,31,34). The monoisotopic (exact) mass is 475 g/mol. The molecule has 174 valence electrons. The Bertz CT molecular complexity index is 1180. The zero-order valence-corrected chi connectivity index (χ0v) is 19.3. The molecule has 0 aromatic heterocycles. The van der Waals surface area contributed by atoms with Crippen molar-refractivity contribution in [3.05, 3.63) is 101 Å². The summed E-state index contributed by atoms with van der Waals surface area (Å²) in [5.74, 6) is -0.382. The maximum atomic E-state index is 12.8. The van der Waals surface area contributed by atoms with E-state index in [1.807, 2.05) is 54.6 Å². The SMILES string of the molecule is O=C(CC(NC(=O)c1ccccc1Cl)c1ccccc1)NCc1cccc(NC(=O)C2CC2)c1. The summed E-state index contributed by atoms with van der Waals surface area (Å²) in [6, 6.07) is 23.1. The molecule has 1 aliphatic carbocycles. The Kier molecular flexibility index (Phi) is 7.60. The lowest BCUT2D eigenvalue weighted by atomic mass is 10.0. The second-order valence-corrected chi connectivity index (χ2v) is 8.77. The molecule has 3 aromatic carbocycles. The molecular formula is C27H26ClN3O3. The van der Waals surface area contributed by atoms with Crippen LogP contribution < -0.4 is 16.0 Å². The fourth-order valence-corrected chi connectivity index (χ4v) is 3.85. The summed E-state index contributed by atoms with van der Waals surface area (Å²) in [5, 5.41) is 9.11. The minimum absolute atomic E-state index is 0.0427. The van der Waals surface area contributed by atoms with Crippen molar-refractivity contribution < 1.29 is 14.4 Å². The van der Waals surface area contributed by atoms with Gasteiger partial charge in [0.1, 0.15) is 0 Å². The lowest BCUT2D eigenvalue weighted by molar-refractivity contribution is -0.121. The fourth-order valence-electron chi connectivity index (χ4n) is 3.63. The summed E-state index contributed by atoms with van der Waals surface area (Å²) >= 11 is 6.17. The highest BCUT2D eigenvalue weighted by molar-refractivity contribution is 6.33. The van der Waals surface area contributed by atoms with Crippen molar-refractivity contribution in [3.8, 4) is 0 Å². The van der Waals surface area contributed by atoms with E-state index in [1.165, 1.54) is 0 Å². The number of carbonyl (C=O) groups excluding carboxylic acids is 3. The molecule has 1 aliphatic rings. The van der Waals surface area contributed by atoms with E-state index in [1.54, 1.807) is 24.3 Å². The molecule has 0 heterocycles. The predicted molar refractivity (Wildman–Crippen MR) is 132 cm³/mol. The molecule has 3 N–H and O–H groups in total. The first kappa shape index (κ1) is 23.5. The molecule has 1 unspecified atom stereocenters. The van der Waals surface area contributed by atoms with Gasteiger partial charge < -0.3 is 16.0 Å². The molecule has 3 amide bonds. The van der Waals surface area contributed by atoms with Crippen molar-refractivity contribution in [2.75, 3.05) is 5.32 Å². The van der Waals surface area contributed by atoms with E-state index in [9.17, 15) is 14.4 Å². The third kappa shape index (κ3) is 6.45. The van der Waals surface area contributed by atoms with Crippen molar-refractivity contribution in [2.24, 2.45) is 5.92 Å². The number of nitrogens with one attached hydrogen (secondary N) is 3. The second-order valence-electron chi connectivity index (χ2n) is 8.36. The van der Waals surface area contributed by atoms with E-state index in [-0.39, 0.29) is 30.1 Å². The van der Waals surface area contributed by atoms with E-state index in [4.69, 9.17) is 11.6 Å². The van der Waals surface area contributed by atoms with Gasteiger partial charge in [0.05, 0.1) is 23.0 Å². The van der Waals surface area contributed by atoms with E-state index >= 15 is 0 Å². The van der Waals surface area contributed by atoms with Crippen LogP contribution in [-0.2, 0) is 16.1 Å². The van der Waals surface area contributed by atoms with E-state index in [2.05, 4.69) is 16.0 Å². The summed E-state index contributed by atoms with van der Waals surface area (Å²) in [4.78, 5) is 37.6. The summed E-state index contributed by atoms with van der Waals surface area (Å²) in [6.45, 7) is 0.311. The van der Waals surface area contributed by atoms with Gasteiger partial charge in [-0.25, -0.2) is 0 Å². The summed E-state index contributed by atoms with van der Waals surface area (Å²) in [5.41, 5.74) is 2.77. The fraction of sp³-hybridized carbons (Fsp3) is 0.222. The normalized spacial score (nSPS) is 13.6. The molecule has 3 aromatic rings. The molecule has 0 radical (unpaired) electrons. The van der Waals surface area contributed by atoms with Crippen molar-refractivity contribution in [3.63, 3.8) is 0 Å². The van der Waals surface area contributed by atoms with Gasteiger partial charge in [0.25, 0.3) is 5.91 Å². The van der Waals surface area contributed by atoms with Gasteiger partial charge in [-0.1, -0.05) is 66.2 Å². The summed E-state index contributed by atoms with van der Waals surface area (Å²) in [6.07, 6.45) is 1.95. The largest absolute Gasteiger partial charge is 0.352 e. The number of hydrogen-bond donors (Lipinski definition) is 3. The zero-order valence-electron chi connectivity index (χ0n) is 18.6. The van der Waals surface area contributed by atoms with E-state index < -0.39 is 6.04 Å². The van der Waals surface area contributed by atoms with Crippen molar-refractivity contribution in [1.29, 1.82) is 0 Å². The van der Waals surface area contributed by atoms with Crippen molar-refractivity contribution in [1.82, 2.24) is 10.6 Å². The molecule has 0 aliphatic heterocycles. The number of halogens is 1. The minimum Gasteiger partial charge on any atom is -0.352 e. The molecule has 6 nitrogen and oxygen atoms in total. The Labute approximate surface area is 203 Å². The van der Waals surface area contributed by atoms with Crippen LogP contribution in [0.2, 0.25) is 5.02 Å². The Morgan fingerprint density at radius 3 is 2.38 bits per heavy atom. The molecule has 34 heavy (non-hydrogen) atoms. The van der Waals surface area contributed by atoms with Gasteiger partial charge in [-0.05, 0) is 48.2 Å². The molecular weight excluding hydrogens is 450 g/mol. The number of benzene rings is 3. The molecule has 7 heteroatoms. The lowest BCUT2D eigenvalue weighted by Crippen LogP contribution is -2.33. The topological polar surface area (TPSA) is 87.3 Å². The zero-order chi connectivity index (χ0) is 23.9. The maximum absolute atomic E-state index is 12.8. The Morgan fingerprint density at radius 1 is 0.912 bits per heavy atom. The Morgan fingerprint density at radius 2 is 1.65 bits per heavy atom. The summed E-state index contributed by atoms with van der Waals surface area (Å²) < 4.78 is 0. The Balaban J connectivity index is 1.38. The van der Waals surface area contributed by atoms with E-state index in [0.29, 0.717) is 17.1 Å². The third-order valence-electron chi connectivity index (χ3n) is 5.65. The van der Waals surface area contributed by atoms with Crippen LogP contribution in [0.1, 0.15) is 46.8 Å². The molecule has 1 atom stereocenters.